The van der Waals surface area contributed by atoms with E-state index in [0.29, 0.717) is 0 Å². The summed E-state index contributed by atoms with van der Waals surface area (Å²) in [4.78, 5) is 11.7. The molecule has 1 aliphatic rings. The zero-order valence-electron chi connectivity index (χ0n) is 11.1. The Bertz CT molecular complexity index is 636. The fourth-order valence-corrected chi connectivity index (χ4v) is 3.45. The highest BCUT2D eigenvalue weighted by Gasteiger charge is 2.67. The number of hydrogen-bond acceptors (Lipinski definition) is 1. The zero-order valence-corrected chi connectivity index (χ0v) is 12.7. The van der Waals surface area contributed by atoms with Crippen LogP contribution in [0.5, 0.6) is 0 Å². The molecule has 1 N–H and O–H groups in total. The largest absolute Gasteiger partial charge is 0.481 e. The molecule has 1 aliphatic carbocycles. The highest BCUT2D eigenvalue weighted by atomic mass is 79.9. The summed E-state index contributed by atoms with van der Waals surface area (Å²) >= 11 is 3.42. The molecule has 2 aromatic carbocycles. The highest BCUT2D eigenvalue weighted by molar-refractivity contribution is 9.10. The van der Waals surface area contributed by atoms with Crippen LogP contribution in [0, 0.1) is 5.41 Å². The maximum Gasteiger partial charge on any atom is 0.310 e. The lowest BCUT2D eigenvalue weighted by molar-refractivity contribution is -0.143. The molecule has 0 aliphatic heterocycles. The third-order valence-corrected chi connectivity index (χ3v) is 4.89. The molecule has 3 heteroatoms. The number of carboxylic acid groups (broad SMARTS) is 1. The van der Waals surface area contributed by atoms with Gasteiger partial charge in [0.25, 0.3) is 0 Å². The summed E-state index contributed by atoms with van der Waals surface area (Å²) in [5.74, 6) is -0.642. The Morgan fingerprint density at radius 2 is 1.50 bits per heavy atom. The maximum atomic E-state index is 11.7. The van der Waals surface area contributed by atoms with E-state index in [1.54, 1.807) is 0 Å². The Morgan fingerprint density at radius 1 is 1.00 bits per heavy atom. The first-order valence-corrected chi connectivity index (χ1v) is 7.38. The molecule has 2 aromatic rings. The van der Waals surface area contributed by atoms with Crippen molar-refractivity contribution in [1.82, 2.24) is 0 Å². The molecule has 3 unspecified atom stereocenters. The zero-order chi connectivity index (χ0) is 14.3. The van der Waals surface area contributed by atoms with E-state index in [9.17, 15) is 9.90 Å². The van der Waals surface area contributed by atoms with Gasteiger partial charge in [-0.1, -0.05) is 58.4 Å². The van der Waals surface area contributed by atoms with Crippen LogP contribution in [0.25, 0.3) is 0 Å². The number of aliphatic carboxylic acids is 1. The van der Waals surface area contributed by atoms with E-state index in [1.807, 2.05) is 61.5 Å². The molecule has 0 bridgehead atoms. The Labute approximate surface area is 126 Å². The number of carbonyl (C=O) groups is 1. The molecule has 3 rings (SSSR count). The summed E-state index contributed by atoms with van der Waals surface area (Å²) in [6, 6.07) is 17.9. The average Bonchev–Trinajstić information content (AvgIpc) is 3.09. The van der Waals surface area contributed by atoms with Gasteiger partial charge in [0, 0.05) is 16.3 Å². The number of halogens is 1. The lowest BCUT2D eigenvalue weighted by Crippen LogP contribution is -2.14. The number of benzene rings is 2. The molecular weight excluding hydrogens is 316 g/mol. The normalized spacial score (nSPS) is 28.1. The number of carboxylic acids is 1. The molecule has 0 spiro atoms. The van der Waals surface area contributed by atoms with Crippen molar-refractivity contribution in [1.29, 1.82) is 0 Å². The standard InChI is InChI=1S/C17H15BrO2/c1-17(16(19)20)14(11-5-3-2-4-6-11)15(17)12-7-9-13(18)10-8-12/h2-10,14-15H,1H3,(H,19,20). The smallest absolute Gasteiger partial charge is 0.310 e. The third-order valence-electron chi connectivity index (χ3n) is 4.36. The molecule has 0 amide bonds. The first kappa shape index (κ1) is 13.4. The van der Waals surface area contributed by atoms with Crippen molar-refractivity contribution in [3.8, 4) is 0 Å². The van der Waals surface area contributed by atoms with Crippen molar-refractivity contribution in [3.63, 3.8) is 0 Å². The average molecular weight is 331 g/mol. The lowest BCUT2D eigenvalue weighted by atomic mass is 10.0. The van der Waals surface area contributed by atoms with E-state index in [-0.39, 0.29) is 11.8 Å². The maximum absolute atomic E-state index is 11.7. The van der Waals surface area contributed by atoms with Crippen LogP contribution in [0.4, 0.5) is 0 Å². The van der Waals surface area contributed by atoms with E-state index < -0.39 is 11.4 Å². The second-order valence-corrected chi connectivity index (χ2v) is 6.42. The lowest BCUT2D eigenvalue weighted by Gasteiger charge is -2.05. The van der Waals surface area contributed by atoms with Crippen LogP contribution in [-0.2, 0) is 4.79 Å². The van der Waals surface area contributed by atoms with Gasteiger partial charge in [-0.2, -0.15) is 0 Å². The van der Waals surface area contributed by atoms with Crippen molar-refractivity contribution in [2.24, 2.45) is 5.41 Å². The number of hydrogen-bond donors (Lipinski definition) is 1. The van der Waals surface area contributed by atoms with E-state index >= 15 is 0 Å². The van der Waals surface area contributed by atoms with Crippen molar-refractivity contribution in [2.75, 3.05) is 0 Å². The van der Waals surface area contributed by atoms with Crippen LogP contribution in [0.3, 0.4) is 0 Å². The minimum atomic E-state index is -0.723. The van der Waals surface area contributed by atoms with Gasteiger partial charge >= 0.3 is 5.97 Å². The van der Waals surface area contributed by atoms with E-state index in [1.165, 1.54) is 0 Å². The molecule has 1 saturated carbocycles. The van der Waals surface area contributed by atoms with Gasteiger partial charge in [-0.15, -0.1) is 0 Å². The Hall–Kier alpha value is -1.61. The van der Waals surface area contributed by atoms with E-state index in [2.05, 4.69) is 15.9 Å². The Kier molecular flexibility index (Phi) is 3.17. The monoisotopic (exact) mass is 330 g/mol. The predicted molar refractivity (Wildman–Crippen MR) is 81.8 cm³/mol. The first-order chi connectivity index (χ1) is 9.55. The van der Waals surface area contributed by atoms with Crippen LogP contribution in [0.15, 0.2) is 59.1 Å². The molecule has 102 valence electrons. The van der Waals surface area contributed by atoms with Crippen molar-refractivity contribution >= 4 is 21.9 Å². The highest BCUT2D eigenvalue weighted by Crippen LogP contribution is 2.70. The molecule has 0 heterocycles. The van der Waals surface area contributed by atoms with E-state index in [0.717, 1.165) is 15.6 Å². The molecule has 2 nitrogen and oxygen atoms in total. The second-order valence-electron chi connectivity index (χ2n) is 5.51. The first-order valence-electron chi connectivity index (χ1n) is 6.59. The predicted octanol–water partition coefficient (Wildman–Crippen LogP) is 4.42. The third kappa shape index (κ3) is 1.97. The fourth-order valence-electron chi connectivity index (χ4n) is 3.19. The van der Waals surface area contributed by atoms with Crippen molar-refractivity contribution < 1.29 is 9.90 Å². The van der Waals surface area contributed by atoms with E-state index in [4.69, 9.17) is 0 Å². The summed E-state index contributed by atoms with van der Waals surface area (Å²) in [6.07, 6.45) is 0. The molecule has 1 fully saturated rings. The van der Waals surface area contributed by atoms with Gasteiger partial charge < -0.3 is 5.11 Å². The summed E-state index contributed by atoms with van der Waals surface area (Å²) in [6.45, 7) is 1.85. The molecule has 0 aromatic heterocycles. The molecule has 0 radical (unpaired) electrons. The summed E-state index contributed by atoms with van der Waals surface area (Å²) in [5.41, 5.74) is 1.48. The van der Waals surface area contributed by atoms with Gasteiger partial charge in [0.05, 0.1) is 5.41 Å². The van der Waals surface area contributed by atoms with Crippen LogP contribution in [0.2, 0.25) is 0 Å². The van der Waals surface area contributed by atoms with Gasteiger partial charge in [-0.25, -0.2) is 0 Å². The Balaban J connectivity index is 2.01. The fraction of sp³-hybridized carbons (Fsp3) is 0.235. The SMILES string of the molecule is CC1(C(=O)O)C(c2ccccc2)C1c1ccc(Br)cc1. The van der Waals surface area contributed by atoms with Gasteiger partial charge in [-0.05, 0) is 30.2 Å². The minimum Gasteiger partial charge on any atom is -0.481 e. The topological polar surface area (TPSA) is 37.3 Å². The van der Waals surface area contributed by atoms with Crippen LogP contribution < -0.4 is 0 Å². The number of rotatable bonds is 3. The van der Waals surface area contributed by atoms with Gasteiger partial charge in [-0.3, -0.25) is 4.79 Å². The van der Waals surface area contributed by atoms with Gasteiger partial charge in [0.1, 0.15) is 0 Å². The Morgan fingerprint density at radius 3 is 2.00 bits per heavy atom. The molecule has 20 heavy (non-hydrogen) atoms. The summed E-state index contributed by atoms with van der Waals surface area (Å²) in [7, 11) is 0. The van der Waals surface area contributed by atoms with Crippen LogP contribution in [0.1, 0.15) is 29.9 Å². The summed E-state index contributed by atoms with van der Waals surface area (Å²) < 4.78 is 1.01. The van der Waals surface area contributed by atoms with Crippen molar-refractivity contribution in [2.45, 2.75) is 18.8 Å². The second kappa shape index (κ2) is 4.74. The van der Waals surface area contributed by atoms with Crippen molar-refractivity contribution in [3.05, 3.63) is 70.2 Å². The summed E-state index contributed by atoms with van der Waals surface area (Å²) in [5, 5.41) is 9.62. The van der Waals surface area contributed by atoms with Crippen LogP contribution in [-0.4, -0.2) is 11.1 Å². The van der Waals surface area contributed by atoms with Crippen LogP contribution >= 0.6 is 15.9 Å². The molecule has 3 atom stereocenters. The van der Waals surface area contributed by atoms with Gasteiger partial charge in [0.15, 0.2) is 0 Å². The minimum absolute atomic E-state index is 0.0375. The molecular formula is C17H15BrO2. The van der Waals surface area contributed by atoms with Gasteiger partial charge in [0.2, 0.25) is 0 Å². The quantitative estimate of drug-likeness (QED) is 0.904. The molecule has 0 saturated heterocycles.